The van der Waals surface area contributed by atoms with Gasteiger partial charge in [0, 0.05) is 44.7 Å². The maximum absolute atomic E-state index is 15.0. The number of rotatable bonds is 6. The standard InChI is InChI=1S/C46H53N7O10/c1-7-46(5)45(62)52-22-12-15-31(52)42(59)51(6)33(23-29-19-17-26(2)18-20-29)43(60)53-25-27(3)35(55)24-32(53)39(56)49-37(30-13-9-8-10-14-30)44(61)63-28(4)36(41(58)50-46)48-40(57)38-34(54)16-11-21-47-38/h8-11,13-14,16-21,28,31-33,36-37,54H,3,7,12,15,22-25H2,1-2,4-6H3,(H,48,57)(H,49,56)(H,50,58)/t28-,31+,32+,33+,36+,37+,46+/m1/s1. The number of pyridine rings is 1. The predicted octanol–water partition coefficient (Wildman–Crippen LogP) is 2.07. The van der Waals surface area contributed by atoms with E-state index in [1.54, 1.807) is 37.3 Å². The first-order chi connectivity index (χ1) is 29.9. The number of aromatic nitrogens is 1. The lowest BCUT2D eigenvalue weighted by Gasteiger charge is -2.41. The molecule has 0 saturated carbocycles. The molecule has 4 heterocycles. The molecule has 17 nitrogen and oxygen atoms in total. The third-order valence-electron chi connectivity index (χ3n) is 12.1. The molecule has 0 radical (unpaired) electrons. The molecule has 3 aromatic rings. The largest absolute Gasteiger partial charge is 0.505 e. The van der Waals surface area contributed by atoms with Crippen LogP contribution in [0.3, 0.4) is 0 Å². The molecule has 2 aromatic carbocycles. The number of ketones is 1. The minimum Gasteiger partial charge on any atom is -0.505 e. The van der Waals surface area contributed by atoms with E-state index in [2.05, 4.69) is 27.5 Å². The highest BCUT2D eigenvalue weighted by Gasteiger charge is 2.48. The van der Waals surface area contributed by atoms with Crippen LogP contribution in [-0.2, 0) is 44.7 Å². The average Bonchev–Trinajstić information content (AvgIpc) is 3.76. The molecule has 0 unspecified atom stereocenters. The number of benzene rings is 2. The van der Waals surface area contributed by atoms with Crippen molar-refractivity contribution in [2.75, 3.05) is 20.1 Å². The van der Waals surface area contributed by atoms with Crippen molar-refractivity contribution < 1.29 is 48.2 Å². The highest BCUT2D eigenvalue weighted by atomic mass is 16.5. The Hall–Kier alpha value is -6.91. The molecule has 0 aliphatic carbocycles. The van der Waals surface area contributed by atoms with Gasteiger partial charge in [-0.3, -0.25) is 33.6 Å². The van der Waals surface area contributed by atoms with E-state index in [9.17, 15) is 38.7 Å². The number of aryl methyl sites for hydroxylation is 1. The van der Waals surface area contributed by atoms with E-state index in [1.807, 2.05) is 31.2 Å². The number of piperidine rings is 1. The van der Waals surface area contributed by atoms with Gasteiger partial charge in [-0.2, -0.15) is 0 Å². The molecular formula is C46H53N7O10. The number of cyclic esters (lactones) is 1. The highest BCUT2D eigenvalue weighted by Crippen LogP contribution is 2.29. The number of fused-ring (bicyclic) bond motifs is 2. The fraction of sp³-hybridized carbons (Fsp3) is 0.413. The van der Waals surface area contributed by atoms with Gasteiger partial charge in [-0.05, 0) is 63.3 Å². The first-order valence-corrected chi connectivity index (χ1v) is 20.9. The van der Waals surface area contributed by atoms with E-state index in [1.165, 1.54) is 53.9 Å². The first kappa shape index (κ1) is 45.6. The van der Waals surface area contributed by atoms with Crippen molar-refractivity contribution in [2.45, 2.75) is 102 Å². The fourth-order valence-corrected chi connectivity index (χ4v) is 8.10. The Morgan fingerprint density at radius 3 is 2.32 bits per heavy atom. The second-order valence-electron chi connectivity index (χ2n) is 16.5. The third kappa shape index (κ3) is 9.77. The summed E-state index contributed by atoms with van der Waals surface area (Å²) in [6.07, 6.45) is -0.0133. The summed E-state index contributed by atoms with van der Waals surface area (Å²) in [7, 11) is 1.46. The van der Waals surface area contributed by atoms with Gasteiger partial charge in [0.15, 0.2) is 17.5 Å². The monoisotopic (exact) mass is 863 g/mol. The molecular weight excluding hydrogens is 811 g/mol. The normalized spacial score (nSPS) is 26.7. The Bertz CT molecular complexity index is 2300. The number of carbonyl (C=O) groups is 8. The molecule has 63 heavy (non-hydrogen) atoms. The quantitative estimate of drug-likeness (QED) is 0.207. The lowest BCUT2D eigenvalue weighted by molar-refractivity contribution is -0.156. The smallest absolute Gasteiger partial charge is 0.333 e. The number of esters is 1. The van der Waals surface area contributed by atoms with Crippen molar-refractivity contribution in [3.63, 3.8) is 0 Å². The third-order valence-corrected chi connectivity index (χ3v) is 12.1. The van der Waals surface area contributed by atoms with Crippen molar-refractivity contribution in [1.82, 2.24) is 35.6 Å². The Balaban J connectivity index is 1.47. The lowest BCUT2D eigenvalue weighted by atomic mass is 9.93. The van der Waals surface area contributed by atoms with Crippen LogP contribution in [0.2, 0.25) is 0 Å². The van der Waals surface area contributed by atoms with Crippen LogP contribution in [0.25, 0.3) is 0 Å². The highest BCUT2D eigenvalue weighted by molar-refractivity contribution is 6.05. The van der Waals surface area contributed by atoms with E-state index < -0.39 is 107 Å². The van der Waals surface area contributed by atoms with Crippen molar-refractivity contribution >= 4 is 47.2 Å². The van der Waals surface area contributed by atoms with E-state index >= 15 is 4.79 Å². The van der Waals surface area contributed by atoms with Crippen LogP contribution in [0.15, 0.2) is 85.1 Å². The van der Waals surface area contributed by atoms with Gasteiger partial charge in [0.05, 0.1) is 0 Å². The number of aromatic hydroxyl groups is 1. The van der Waals surface area contributed by atoms with Gasteiger partial charge in [0.2, 0.25) is 29.5 Å². The summed E-state index contributed by atoms with van der Waals surface area (Å²) in [5.74, 6) is -6.72. The van der Waals surface area contributed by atoms with E-state index in [0.29, 0.717) is 12.0 Å². The number of carbonyl (C=O) groups excluding carboxylic acids is 8. The summed E-state index contributed by atoms with van der Waals surface area (Å²) in [6.45, 7) is 10.0. The van der Waals surface area contributed by atoms with Gasteiger partial charge in [-0.1, -0.05) is 73.7 Å². The summed E-state index contributed by atoms with van der Waals surface area (Å²) in [5.41, 5.74) is -0.133. The van der Waals surface area contributed by atoms with Crippen LogP contribution in [-0.4, -0.2) is 128 Å². The van der Waals surface area contributed by atoms with Gasteiger partial charge in [-0.25, -0.2) is 9.78 Å². The number of hydrogen-bond acceptors (Lipinski definition) is 11. The minimum atomic E-state index is -1.71. The van der Waals surface area contributed by atoms with Gasteiger partial charge < -0.3 is 40.5 Å². The Kier molecular flexibility index (Phi) is 13.8. The SMILES string of the molecule is C=C1CN2C(=O)[C@H](Cc3ccc(C)cc3)N(C)C(=O)[C@@H]3CCCN3C(=O)[C@](C)(CC)NC(=O)[C@@H](NC(=O)c3ncccc3O)[C@@H](C)OC(=O)[C@H](c3ccccc3)NC(=O)[C@@H]2CC1=O. The number of hydrogen-bond donors (Lipinski definition) is 4. The number of likely N-dealkylation sites (N-methyl/N-ethyl adjacent to an activating group) is 1. The van der Waals surface area contributed by atoms with Crippen LogP contribution in [0.4, 0.5) is 0 Å². The molecule has 3 aliphatic rings. The average molecular weight is 864 g/mol. The van der Waals surface area contributed by atoms with Gasteiger partial charge in [0.1, 0.15) is 41.6 Å². The van der Waals surface area contributed by atoms with Crippen molar-refractivity contribution in [1.29, 1.82) is 0 Å². The molecule has 3 saturated heterocycles. The zero-order chi connectivity index (χ0) is 45.7. The second-order valence-corrected chi connectivity index (χ2v) is 16.5. The van der Waals surface area contributed by atoms with Gasteiger partial charge in [0.25, 0.3) is 5.91 Å². The minimum absolute atomic E-state index is 0.0102. The fourth-order valence-electron chi connectivity index (χ4n) is 8.10. The van der Waals surface area contributed by atoms with Crippen LogP contribution in [0.5, 0.6) is 5.75 Å². The lowest BCUT2D eigenvalue weighted by Crippen LogP contribution is -2.64. The molecule has 1 aromatic heterocycles. The molecule has 6 amide bonds. The number of nitrogens with one attached hydrogen (secondary N) is 3. The molecule has 4 N–H and O–H groups in total. The topological polar surface area (TPSA) is 225 Å². The van der Waals surface area contributed by atoms with Crippen LogP contribution in [0.1, 0.15) is 79.7 Å². The summed E-state index contributed by atoms with van der Waals surface area (Å²) < 4.78 is 5.87. The van der Waals surface area contributed by atoms with Crippen molar-refractivity contribution in [2.24, 2.45) is 0 Å². The maximum Gasteiger partial charge on any atom is 0.333 e. The molecule has 3 fully saturated rings. The number of amides is 6. The summed E-state index contributed by atoms with van der Waals surface area (Å²) >= 11 is 0. The number of ether oxygens (including phenoxy) is 1. The van der Waals surface area contributed by atoms with Gasteiger partial charge >= 0.3 is 5.97 Å². The van der Waals surface area contributed by atoms with Crippen molar-refractivity contribution in [3.05, 3.63) is 107 Å². The number of Topliss-reactive ketones (excluding diaryl/α,β-unsaturated/α-hetero) is 1. The van der Waals surface area contributed by atoms with Crippen molar-refractivity contribution in [3.8, 4) is 5.75 Å². The van der Waals surface area contributed by atoms with Crippen LogP contribution >= 0.6 is 0 Å². The second kappa shape index (κ2) is 19.0. The van der Waals surface area contributed by atoms with E-state index in [0.717, 1.165) is 5.56 Å². The molecule has 17 heteroatoms. The molecule has 0 bridgehead atoms. The summed E-state index contributed by atoms with van der Waals surface area (Å²) in [5, 5.41) is 18.3. The summed E-state index contributed by atoms with van der Waals surface area (Å²) in [4.78, 5) is 122. The van der Waals surface area contributed by atoms with Crippen LogP contribution in [0, 0.1) is 6.92 Å². The first-order valence-electron chi connectivity index (χ1n) is 20.9. The number of nitrogens with zero attached hydrogens (tertiary/aromatic N) is 4. The zero-order valence-electron chi connectivity index (χ0n) is 36.0. The molecule has 3 aliphatic heterocycles. The zero-order valence-corrected chi connectivity index (χ0v) is 36.0. The molecule has 332 valence electrons. The molecule has 6 rings (SSSR count). The molecule has 7 atom stereocenters. The van der Waals surface area contributed by atoms with Gasteiger partial charge in [-0.15, -0.1) is 0 Å². The Morgan fingerprint density at radius 1 is 0.952 bits per heavy atom. The Morgan fingerprint density at radius 2 is 1.65 bits per heavy atom. The Labute approximate surface area is 365 Å². The molecule has 0 spiro atoms. The van der Waals surface area contributed by atoms with Crippen LogP contribution < -0.4 is 16.0 Å². The van der Waals surface area contributed by atoms with E-state index in [-0.39, 0.29) is 43.5 Å². The maximum atomic E-state index is 15.0. The summed E-state index contributed by atoms with van der Waals surface area (Å²) in [6, 6.07) is 11.0. The predicted molar refractivity (Wildman–Crippen MR) is 227 cm³/mol. The van der Waals surface area contributed by atoms with E-state index in [4.69, 9.17) is 4.74 Å².